The molecule has 0 atom stereocenters. The molecular formula is C9H10ClNO2. The molecule has 0 aliphatic heterocycles. The minimum Gasteiger partial charge on any atom is -0.505 e. The van der Waals surface area contributed by atoms with Gasteiger partial charge in [0.1, 0.15) is 5.75 Å². The van der Waals surface area contributed by atoms with Gasteiger partial charge in [-0.25, -0.2) is 0 Å². The van der Waals surface area contributed by atoms with Crippen molar-refractivity contribution >= 4 is 23.1 Å². The van der Waals surface area contributed by atoms with Gasteiger partial charge in [0.15, 0.2) is 5.78 Å². The molecule has 0 aromatic heterocycles. The molecule has 3 nitrogen and oxygen atoms in total. The number of anilines is 1. The lowest BCUT2D eigenvalue weighted by atomic mass is 10.0. The van der Waals surface area contributed by atoms with E-state index in [1.54, 1.807) is 19.1 Å². The molecule has 3 N–H and O–H groups in total. The molecule has 0 saturated carbocycles. The number of nitrogen functional groups attached to an aromatic ring is 1. The molecule has 0 unspecified atom stereocenters. The van der Waals surface area contributed by atoms with Gasteiger partial charge < -0.3 is 10.8 Å². The molecule has 0 saturated heterocycles. The molecule has 0 fully saturated rings. The number of aromatic hydroxyl groups is 1. The lowest BCUT2D eigenvalue weighted by molar-refractivity contribution is 0.101. The van der Waals surface area contributed by atoms with Gasteiger partial charge >= 0.3 is 0 Å². The van der Waals surface area contributed by atoms with E-state index in [2.05, 4.69) is 0 Å². The van der Waals surface area contributed by atoms with Crippen LogP contribution in [0.3, 0.4) is 0 Å². The molecule has 0 aliphatic carbocycles. The summed E-state index contributed by atoms with van der Waals surface area (Å²) in [4.78, 5) is 11.3. The van der Waals surface area contributed by atoms with Gasteiger partial charge in [0.25, 0.3) is 0 Å². The van der Waals surface area contributed by atoms with Crippen molar-refractivity contribution < 1.29 is 9.90 Å². The Hall–Kier alpha value is -1.22. The van der Waals surface area contributed by atoms with Crippen LogP contribution in [0.5, 0.6) is 5.75 Å². The van der Waals surface area contributed by atoms with Crippen LogP contribution in [0.2, 0.25) is 0 Å². The van der Waals surface area contributed by atoms with Crippen LogP contribution in [-0.4, -0.2) is 16.8 Å². The number of halogens is 1. The Morgan fingerprint density at radius 3 is 2.77 bits per heavy atom. The molecule has 4 heteroatoms. The molecule has 13 heavy (non-hydrogen) atoms. The lowest BCUT2D eigenvalue weighted by Crippen LogP contribution is -2.04. The summed E-state index contributed by atoms with van der Waals surface area (Å²) in [5, 5.41) is 9.48. The zero-order chi connectivity index (χ0) is 10.0. The number of ketones is 1. The Balaban J connectivity index is 3.33. The quantitative estimate of drug-likeness (QED) is 0.330. The summed E-state index contributed by atoms with van der Waals surface area (Å²) in [6.07, 6.45) is 0. The Bertz CT molecular complexity index is 350. The summed E-state index contributed by atoms with van der Waals surface area (Å²) in [5.41, 5.74) is 6.53. The van der Waals surface area contributed by atoms with E-state index >= 15 is 0 Å². The minimum atomic E-state index is -0.316. The maximum absolute atomic E-state index is 11.3. The fourth-order valence-corrected chi connectivity index (χ4v) is 1.26. The summed E-state index contributed by atoms with van der Waals surface area (Å²) < 4.78 is 0. The van der Waals surface area contributed by atoms with Gasteiger partial charge in [0.2, 0.25) is 0 Å². The third-order valence-electron chi connectivity index (χ3n) is 1.82. The molecule has 0 spiro atoms. The second-order valence-electron chi connectivity index (χ2n) is 2.75. The second kappa shape index (κ2) is 3.66. The fourth-order valence-electron chi connectivity index (χ4n) is 1.13. The molecule has 70 valence electrons. The Morgan fingerprint density at radius 1 is 1.62 bits per heavy atom. The van der Waals surface area contributed by atoms with Gasteiger partial charge in [-0.1, -0.05) is 6.07 Å². The van der Waals surface area contributed by atoms with Crippen molar-refractivity contribution in [2.24, 2.45) is 0 Å². The fraction of sp³-hybridized carbons (Fsp3) is 0.222. The van der Waals surface area contributed by atoms with Gasteiger partial charge in [0, 0.05) is 0 Å². The number of Topliss-reactive ketones (excluding diaryl/α,β-unsaturated/α-hetero) is 1. The summed E-state index contributed by atoms with van der Waals surface area (Å²) in [6, 6.07) is 3.23. The zero-order valence-corrected chi connectivity index (χ0v) is 7.93. The number of alkyl halides is 1. The Labute approximate surface area is 81.1 Å². The van der Waals surface area contributed by atoms with Gasteiger partial charge in [-0.3, -0.25) is 4.79 Å². The van der Waals surface area contributed by atoms with Crippen LogP contribution < -0.4 is 5.73 Å². The van der Waals surface area contributed by atoms with E-state index in [9.17, 15) is 9.90 Å². The number of carbonyl (C=O) groups excluding carboxylic acids is 1. The van der Waals surface area contributed by atoms with Crippen molar-refractivity contribution in [3.63, 3.8) is 0 Å². The second-order valence-corrected chi connectivity index (χ2v) is 3.02. The normalized spacial score (nSPS) is 10.0. The molecule has 0 heterocycles. The van der Waals surface area contributed by atoms with E-state index in [-0.39, 0.29) is 28.7 Å². The summed E-state index contributed by atoms with van der Waals surface area (Å²) in [5.74, 6) is -0.646. The number of phenolic OH excluding ortho intramolecular Hbond substituents is 1. The first-order valence-electron chi connectivity index (χ1n) is 3.75. The van der Waals surface area contributed by atoms with E-state index in [0.29, 0.717) is 5.56 Å². The van der Waals surface area contributed by atoms with E-state index in [4.69, 9.17) is 17.3 Å². The zero-order valence-electron chi connectivity index (χ0n) is 7.17. The highest BCUT2D eigenvalue weighted by Gasteiger charge is 2.14. The van der Waals surface area contributed by atoms with Crippen molar-refractivity contribution in [1.82, 2.24) is 0 Å². The van der Waals surface area contributed by atoms with Gasteiger partial charge in [0.05, 0.1) is 17.1 Å². The number of hydrogen-bond acceptors (Lipinski definition) is 3. The molecule has 1 rings (SSSR count). The van der Waals surface area contributed by atoms with Crippen LogP contribution in [0.25, 0.3) is 0 Å². The third-order valence-corrected chi connectivity index (χ3v) is 2.06. The standard InChI is InChI=1S/C9H10ClNO2/c1-5-2-3-6(11)9(13)8(5)7(12)4-10/h2-3,13H,4,11H2,1H3. The first-order chi connectivity index (χ1) is 6.07. The Kier molecular flexibility index (Phi) is 2.78. The van der Waals surface area contributed by atoms with Crippen LogP contribution in [0.4, 0.5) is 5.69 Å². The van der Waals surface area contributed by atoms with Crippen molar-refractivity contribution in [2.75, 3.05) is 11.6 Å². The first-order valence-corrected chi connectivity index (χ1v) is 4.28. The number of rotatable bonds is 2. The Morgan fingerprint density at radius 2 is 2.23 bits per heavy atom. The van der Waals surface area contributed by atoms with Crippen molar-refractivity contribution in [2.45, 2.75) is 6.92 Å². The van der Waals surface area contributed by atoms with E-state index < -0.39 is 0 Å². The van der Waals surface area contributed by atoms with E-state index in [1.807, 2.05) is 0 Å². The third kappa shape index (κ3) is 1.75. The largest absolute Gasteiger partial charge is 0.505 e. The number of nitrogens with two attached hydrogens (primary N) is 1. The van der Waals surface area contributed by atoms with E-state index in [0.717, 1.165) is 0 Å². The average Bonchev–Trinajstić information content (AvgIpc) is 2.12. The summed E-state index contributed by atoms with van der Waals surface area (Å²) in [6.45, 7) is 1.72. The highest BCUT2D eigenvalue weighted by Crippen LogP contribution is 2.28. The summed E-state index contributed by atoms with van der Waals surface area (Å²) in [7, 11) is 0. The van der Waals surface area contributed by atoms with E-state index in [1.165, 1.54) is 0 Å². The topological polar surface area (TPSA) is 63.3 Å². The maximum atomic E-state index is 11.3. The lowest BCUT2D eigenvalue weighted by Gasteiger charge is -2.07. The van der Waals surface area contributed by atoms with Crippen molar-refractivity contribution in [1.29, 1.82) is 0 Å². The number of benzene rings is 1. The van der Waals surface area contributed by atoms with Gasteiger partial charge in [-0.15, -0.1) is 11.6 Å². The molecule has 1 aromatic carbocycles. The number of carbonyl (C=O) groups is 1. The van der Waals surface area contributed by atoms with Crippen molar-refractivity contribution in [3.8, 4) is 5.75 Å². The summed E-state index contributed by atoms with van der Waals surface area (Å²) >= 11 is 5.38. The first kappa shape index (κ1) is 9.86. The predicted molar refractivity (Wildman–Crippen MR) is 52.3 cm³/mol. The molecule has 0 bridgehead atoms. The highest BCUT2D eigenvalue weighted by atomic mass is 35.5. The minimum absolute atomic E-state index is 0.155. The maximum Gasteiger partial charge on any atom is 0.181 e. The molecule has 1 aromatic rings. The van der Waals surface area contributed by atoms with Crippen LogP contribution >= 0.6 is 11.6 Å². The van der Waals surface area contributed by atoms with Crippen LogP contribution in [0.15, 0.2) is 12.1 Å². The molecule has 0 aliphatic rings. The van der Waals surface area contributed by atoms with Crippen LogP contribution in [0, 0.1) is 6.92 Å². The molecule has 0 amide bonds. The van der Waals surface area contributed by atoms with Crippen LogP contribution in [0.1, 0.15) is 15.9 Å². The average molecular weight is 200 g/mol. The SMILES string of the molecule is Cc1ccc(N)c(O)c1C(=O)CCl. The predicted octanol–water partition coefficient (Wildman–Crippen LogP) is 1.70. The number of hydrogen-bond donors (Lipinski definition) is 2. The van der Waals surface area contributed by atoms with Gasteiger partial charge in [-0.05, 0) is 18.6 Å². The number of phenols is 1. The van der Waals surface area contributed by atoms with Crippen molar-refractivity contribution in [3.05, 3.63) is 23.3 Å². The monoisotopic (exact) mass is 199 g/mol. The smallest absolute Gasteiger partial charge is 0.181 e. The number of aryl methyl sites for hydroxylation is 1. The highest BCUT2D eigenvalue weighted by molar-refractivity contribution is 6.31. The van der Waals surface area contributed by atoms with Gasteiger partial charge in [-0.2, -0.15) is 0 Å². The van der Waals surface area contributed by atoms with Crippen LogP contribution in [-0.2, 0) is 0 Å². The molecule has 0 radical (unpaired) electrons. The molecular weight excluding hydrogens is 190 g/mol.